The Labute approximate surface area is 151 Å². The standard InChI is InChI=1S/C16H10Cl3NO2S/c1-22-16(21)13-7-10-12(20-13)5-9(18)6-15(10)23-14-3-2-8(17)4-11(14)19/h2-7,20H,1H3. The Morgan fingerprint density at radius 2 is 1.83 bits per heavy atom. The first-order chi connectivity index (χ1) is 11.0. The lowest BCUT2D eigenvalue weighted by molar-refractivity contribution is 0.0595. The van der Waals surface area contributed by atoms with Gasteiger partial charge in [0.1, 0.15) is 5.69 Å². The van der Waals surface area contributed by atoms with Gasteiger partial charge in [-0.3, -0.25) is 0 Å². The number of H-pyrrole nitrogens is 1. The summed E-state index contributed by atoms with van der Waals surface area (Å²) in [5.74, 6) is -0.433. The van der Waals surface area contributed by atoms with E-state index in [9.17, 15) is 4.79 Å². The summed E-state index contributed by atoms with van der Waals surface area (Å²) in [6.45, 7) is 0. The number of ether oxygens (including phenoxy) is 1. The van der Waals surface area contributed by atoms with Gasteiger partial charge < -0.3 is 9.72 Å². The van der Waals surface area contributed by atoms with Gasteiger partial charge in [0.25, 0.3) is 0 Å². The second-order valence-electron chi connectivity index (χ2n) is 4.72. The Kier molecular flexibility index (Phi) is 4.78. The van der Waals surface area contributed by atoms with Crippen LogP contribution >= 0.6 is 46.6 Å². The number of carbonyl (C=O) groups excluding carboxylic acids is 1. The number of nitrogens with one attached hydrogen (secondary N) is 1. The van der Waals surface area contributed by atoms with Gasteiger partial charge >= 0.3 is 5.97 Å². The lowest BCUT2D eigenvalue weighted by Gasteiger charge is -2.06. The molecule has 0 bridgehead atoms. The first-order valence-corrected chi connectivity index (χ1v) is 8.46. The van der Waals surface area contributed by atoms with Crippen LogP contribution in [0.3, 0.4) is 0 Å². The molecular formula is C16H10Cl3NO2S. The third kappa shape index (κ3) is 3.45. The molecule has 0 aliphatic carbocycles. The van der Waals surface area contributed by atoms with E-state index in [1.165, 1.54) is 18.9 Å². The third-order valence-corrected chi connectivity index (χ3v) is 5.20. The van der Waals surface area contributed by atoms with E-state index in [0.29, 0.717) is 20.8 Å². The van der Waals surface area contributed by atoms with Crippen molar-refractivity contribution in [3.05, 3.63) is 57.2 Å². The van der Waals surface area contributed by atoms with E-state index < -0.39 is 5.97 Å². The Morgan fingerprint density at radius 3 is 2.52 bits per heavy atom. The fraction of sp³-hybridized carbons (Fsp3) is 0.0625. The minimum atomic E-state index is -0.433. The van der Waals surface area contributed by atoms with Crippen LogP contribution in [0.15, 0.2) is 46.2 Å². The molecule has 0 aliphatic heterocycles. The Balaban J connectivity index is 2.09. The molecule has 1 aromatic heterocycles. The SMILES string of the molecule is COC(=O)c1cc2c(Sc3ccc(Cl)cc3Cl)cc(Cl)cc2[nH]1. The van der Waals surface area contributed by atoms with E-state index in [4.69, 9.17) is 39.5 Å². The predicted molar refractivity (Wildman–Crippen MR) is 95.2 cm³/mol. The molecule has 7 heteroatoms. The summed E-state index contributed by atoms with van der Waals surface area (Å²) in [6, 6.07) is 10.6. The van der Waals surface area contributed by atoms with E-state index in [2.05, 4.69) is 4.98 Å². The van der Waals surface area contributed by atoms with Crippen LogP contribution in [0.5, 0.6) is 0 Å². The first-order valence-electron chi connectivity index (χ1n) is 6.51. The predicted octanol–water partition coefficient (Wildman–Crippen LogP) is 6.07. The maximum Gasteiger partial charge on any atom is 0.354 e. The Bertz CT molecular complexity index is 908. The molecule has 118 valence electrons. The number of hydrogen-bond acceptors (Lipinski definition) is 3. The van der Waals surface area contributed by atoms with Crippen molar-refractivity contribution in [1.82, 2.24) is 4.98 Å². The zero-order valence-corrected chi connectivity index (χ0v) is 14.9. The number of halogens is 3. The molecule has 3 rings (SSSR count). The largest absolute Gasteiger partial charge is 0.464 e. The van der Waals surface area contributed by atoms with Crippen LogP contribution in [-0.4, -0.2) is 18.1 Å². The molecule has 0 aliphatic rings. The van der Waals surface area contributed by atoms with Crippen LogP contribution in [0.1, 0.15) is 10.5 Å². The normalized spacial score (nSPS) is 11.0. The van der Waals surface area contributed by atoms with E-state index in [0.717, 1.165) is 20.7 Å². The number of fused-ring (bicyclic) bond motifs is 1. The summed E-state index contributed by atoms with van der Waals surface area (Å²) < 4.78 is 4.74. The lowest BCUT2D eigenvalue weighted by Crippen LogP contribution is -2.00. The monoisotopic (exact) mass is 385 g/mol. The van der Waals surface area contributed by atoms with Gasteiger partial charge in [-0.15, -0.1) is 0 Å². The second-order valence-corrected chi connectivity index (χ2v) is 7.08. The number of rotatable bonds is 3. The van der Waals surface area contributed by atoms with E-state index >= 15 is 0 Å². The van der Waals surface area contributed by atoms with Gasteiger partial charge in [0.05, 0.1) is 12.1 Å². The molecule has 0 unspecified atom stereocenters. The topological polar surface area (TPSA) is 42.1 Å². The van der Waals surface area contributed by atoms with E-state index in [1.54, 1.807) is 24.3 Å². The summed E-state index contributed by atoms with van der Waals surface area (Å²) in [4.78, 5) is 16.4. The van der Waals surface area contributed by atoms with Crippen molar-refractivity contribution >= 4 is 63.4 Å². The summed E-state index contributed by atoms with van der Waals surface area (Å²) in [5.41, 5.74) is 1.12. The number of aromatic amines is 1. The number of methoxy groups -OCH3 is 1. The Morgan fingerprint density at radius 1 is 1.04 bits per heavy atom. The van der Waals surface area contributed by atoms with Crippen LogP contribution in [0, 0.1) is 0 Å². The molecule has 3 nitrogen and oxygen atoms in total. The van der Waals surface area contributed by atoms with Gasteiger partial charge in [0, 0.05) is 30.7 Å². The maximum absolute atomic E-state index is 11.7. The number of aromatic nitrogens is 1. The summed E-state index contributed by atoms with van der Waals surface area (Å²) in [5, 5.41) is 2.55. The van der Waals surface area contributed by atoms with Crippen LogP contribution < -0.4 is 0 Å². The average Bonchev–Trinajstić information content (AvgIpc) is 2.93. The van der Waals surface area contributed by atoms with Crippen molar-refractivity contribution < 1.29 is 9.53 Å². The quantitative estimate of drug-likeness (QED) is 0.556. The zero-order valence-electron chi connectivity index (χ0n) is 11.8. The molecule has 2 aromatic carbocycles. The average molecular weight is 387 g/mol. The van der Waals surface area contributed by atoms with Gasteiger partial charge in [-0.05, 0) is 36.4 Å². The van der Waals surface area contributed by atoms with Crippen molar-refractivity contribution in [2.45, 2.75) is 9.79 Å². The maximum atomic E-state index is 11.7. The van der Waals surface area contributed by atoms with Crippen molar-refractivity contribution in [3.63, 3.8) is 0 Å². The highest BCUT2D eigenvalue weighted by atomic mass is 35.5. The zero-order chi connectivity index (χ0) is 16.6. The minimum Gasteiger partial charge on any atom is -0.464 e. The highest BCUT2D eigenvalue weighted by Gasteiger charge is 2.14. The highest BCUT2D eigenvalue weighted by Crippen LogP contribution is 2.39. The molecule has 0 fully saturated rings. The molecule has 0 radical (unpaired) electrons. The molecule has 23 heavy (non-hydrogen) atoms. The number of carbonyl (C=O) groups is 1. The lowest BCUT2D eigenvalue weighted by atomic mass is 10.2. The molecule has 1 N–H and O–H groups in total. The van der Waals surface area contributed by atoms with Crippen LogP contribution in [0.2, 0.25) is 15.1 Å². The minimum absolute atomic E-state index is 0.369. The molecule has 0 atom stereocenters. The molecule has 1 heterocycles. The molecule has 0 saturated heterocycles. The van der Waals surface area contributed by atoms with Crippen LogP contribution in [-0.2, 0) is 4.74 Å². The summed E-state index contributed by atoms with van der Waals surface area (Å²) >= 11 is 19.8. The van der Waals surface area contributed by atoms with Gasteiger partial charge in [0.15, 0.2) is 0 Å². The number of esters is 1. The highest BCUT2D eigenvalue weighted by molar-refractivity contribution is 7.99. The van der Waals surface area contributed by atoms with E-state index in [1.807, 2.05) is 12.1 Å². The molecule has 0 saturated carbocycles. The smallest absolute Gasteiger partial charge is 0.354 e. The molecule has 0 spiro atoms. The fourth-order valence-corrected chi connectivity index (χ4v) is 3.95. The van der Waals surface area contributed by atoms with Crippen molar-refractivity contribution in [3.8, 4) is 0 Å². The summed E-state index contributed by atoms with van der Waals surface area (Å²) in [7, 11) is 1.34. The first kappa shape index (κ1) is 16.5. The molecule has 3 aromatic rings. The van der Waals surface area contributed by atoms with E-state index in [-0.39, 0.29) is 0 Å². The van der Waals surface area contributed by atoms with Crippen molar-refractivity contribution in [2.24, 2.45) is 0 Å². The van der Waals surface area contributed by atoms with Gasteiger partial charge in [-0.1, -0.05) is 46.6 Å². The van der Waals surface area contributed by atoms with Crippen molar-refractivity contribution in [1.29, 1.82) is 0 Å². The summed E-state index contributed by atoms with van der Waals surface area (Å²) in [6.07, 6.45) is 0. The fourth-order valence-electron chi connectivity index (χ4n) is 2.15. The number of benzene rings is 2. The van der Waals surface area contributed by atoms with Gasteiger partial charge in [-0.2, -0.15) is 0 Å². The number of hydrogen-bond donors (Lipinski definition) is 1. The molecular weight excluding hydrogens is 377 g/mol. The van der Waals surface area contributed by atoms with Crippen LogP contribution in [0.4, 0.5) is 0 Å². The molecule has 0 amide bonds. The van der Waals surface area contributed by atoms with Gasteiger partial charge in [-0.25, -0.2) is 4.79 Å². The Hall–Kier alpha value is -1.33. The second kappa shape index (κ2) is 6.65. The van der Waals surface area contributed by atoms with Crippen LogP contribution in [0.25, 0.3) is 10.9 Å². The van der Waals surface area contributed by atoms with Crippen molar-refractivity contribution in [2.75, 3.05) is 7.11 Å². The van der Waals surface area contributed by atoms with Gasteiger partial charge in [0.2, 0.25) is 0 Å². The third-order valence-electron chi connectivity index (χ3n) is 3.18.